The standard InChI is InChI=1S/C21H26N6O2/c28-21(22-14-16-2-1-8-27-19(16)3-7-23-27)18-15-26-11-10-25(9-4-20(26)24-18)17-5-12-29-13-6-17/h1-3,7-8,15,17H,4-6,9-14H2,(H,22,28). The highest BCUT2D eigenvalue weighted by molar-refractivity contribution is 5.92. The Hall–Kier alpha value is -2.71. The van der Waals surface area contributed by atoms with Crippen LogP contribution in [-0.2, 0) is 24.2 Å². The van der Waals surface area contributed by atoms with Gasteiger partial charge in [0.2, 0.25) is 0 Å². The number of rotatable bonds is 4. The molecule has 29 heavy (non-hydrogen) atoms. The van der Waals surface area contributed by atoms with Crippen molar-refractivity contribution in [2.75, 3.05) is 26.3 Å². The van der Waals surface area contributed by atoms with E-state index in [1.807, 2.05) is 35.1 Å². The Morgan fingerprint density at radius 3 is 3.00 bits per heavy atom. The molecule has 2 aliphatic rings. The molecule has 3 aromatic heterocycles. The molecule has 0 unspecified atom stereocenters. The number of nitrogens with zero attached hydrogens (tertiary/aromatic N) is 5. The van der Waals surface area contributed by atoms with Crippen LogP contribution >= 0.6 is 0 Å². The number of ether oxygens (including phenoxy) is 1. The topological polar surface area (TPSA) is 76.7 Å². The monoisotopic (exact) mass is 394 g/mol. The lowest BCUT2D eigenvalue weighted by Gasteiger charge is -2.33. The number of carbonyl (C=O) groups is 1. The van der Waals surface area contributed by atoms with Gasteiger partial charge in [-0.25, -0.2) is 9.50 Å². The summed E-state index contributed by atoms with van der Waals surface area (Å²) in [6.07, 6.45) is 8.66. The Morgan fingerprint density at radius 2 is 2.10 bits per heavy atom. The van der Waals surface area contributed by atoms with Crippen molar-refractivity contribution in [1.29, 1.82) is 0 Å². The van der Waals surface area contributed by atoms with Gasteiger partial charge in [-0.2, -0.15) is 5.10 Å². The van der Waals surface area contributed by atoms with Gasteiger partial charge in [0.05, 0.1) is 5.52 Å². The molecule has 1 fully saturated rings. The van der Waals surface area contributed by atoms with E-state index in [0.29, 0.717) is 18.3 Å². The summed E-state index contributed by atoms with van der Waals surface area (Å²) in [5, 5.41) is 7.24. The predicted octanol–water partition coefficient (Wildman–Crippen LogP) is 1.50. The van der Waals surface area contributed by atoms with E-state index in [-0.39, 0.29) is 5.91 Å². The van der Waals surface area contributed by atoms with Crippen LogP contribution in [-0.4, -0.2) is 62.3 Å². The minimum Gasteiger partial charge on any atom is -0.381 e. The van der Waals surface area contributed by atoms with Gasteiger partial charge < -0.3 is 14.6 Å². The zero-order chi connectivity index (χ0) is 19.6. The summed E-state index contributed by atoms with van der Waals surface area (Å²) in [4.78, 5) is 19.9. The molecule has 8 nitrogen and oxygen atoms in total. The van der Waals surface area contributed by atoms with Crippen molar-refractivity contribution in [3.05, 3.63) is 53.9 Å². The fourth-order valence-corrected chi connectivity index (χ4v) is 4.39. The molecule has 0 saturated carbocycles. The average Bonchev–Trinajstić information content (AvgIpc) is 3.36. The number of hydrogen-bond donors (Lipinski definition) is 1. The third kappa shape index (κ3) is 3.77. The Bertz CT molecular complexity index is 978. The molecule has 152 valence electrons. The third-order valence-electron chi connectivity index (χ3n) is 6.01. The van der Waals surface area contributed by atoms with Gasteiger partial charge in [0.1, 0.15) is 11.5 Å². The largest absolute Gasteiger partial charge is 0.381 e. The zero-order valence-electron chi connectivity index (χ0n) is 16.5. The number of pyridine rings is 1. The average molecular weight is 394 g/mol. The van der Waals surface area contributed by atoms with Crippen LogP contribution in [0.5, 0.6) is 0 Å². The molecule has 0 spiro atoms. The molecule has 2 aliphatic heterocycles. The predicted molar refractivity (Wildman–Crippen MR) is 108 cm³/mol. The van der Waals surface area contributed by atoms with Gasteiger partial charge >= 0.3 is 0 Å². The molecule has 0 atom stereocenters. The second-order valence-corrected chi connectivity index (χ2v) is 7.74. The molecule has 5 heterocycles. The van der Waals surface area contributed by atoms with Crippen molar-refractivity contribution in [1.82, 2.24) is 29.4 Å². The van der Waals surface area contributed by atoms with Crippen LogP contribution in [0.25, 0.3) is 5.52 Å². The molecule has 0 bridgehead atoms. The van der Waals surface area contributed by atoms with Gasteiger partial charge in [-0.05, 0) is 30.5 Å². The third-order valence-corrected chi connectivity index (χ3v) is 6.01. The van der Waals surface area contributed by atoms with Gasteiger partial charge in [-0.3, -0.25) is 9.69 Å². The molecule has 1 saturated heterocycles. The first kappa shape index (κ1) is 18.3. The Morgan fingerprint density at radius 1 is 1.21 bits per heavy atom. The van der Waals surface area contributed by atoms with E-state index in [2.05, 4.69) is 24.9 Å². The van der Waals surface area contributed by atoms with Crippen molar-refractivity contribution in [3.63, 3.8) is 0 Å². The zero-order valence-corrected chi connectivity index (χ0v) is 16.5. The summed E-state index contributed by atoms with van der Waals surface area (Å²) in [5.74, 6) is 0.871. The van der Waals surface area contributed by atoms with E-state index in [1.54, 1.807) is 6.20 Å². The van der Waals surface area contributed by atoms with Crippen LogP contribution in [0.4, 0.5) is 0 Å². The van der Waals surface area contributed by atoms with Crippen LogP contribution < -0.4 is 5.32 Å². The van der Waals surface area contributed by atoms with Crippen LogP contribution in [0, 0.1) is 0 Å². The number of hydrogen-bond acceptors (Lipinski definition) is 5. The van der Waals surface area contributed by atoms with E-state index in [0.717, 1.165) is 69.0 Å². The lowest BCUT2D eigenvalue weighted by molar-refractivity contribution is 0.0347. The highest BCUT2D eigenvalue weighted by Crippen LogP contribution is 2.18. The van der Waals surface area contributed by atoms with Gasteiger partial charge in [-0.15, -0.1) is 0 Å². The van der Waals surface area contributed by atoms with Crippen molar-refractivity contribution >= 4 is 11.4 Å². The van der Waals surface area contributed by atoms with Crippen molar-refractivity contribution in [2.24, 2.45) is 0 Å². The summed E-state index contributed by atoms with van der Waals surface area (Å²) in [5.41, 5.74) is 2.54. The molecule has 0 aromatic carbocycles. The van der Waals surface area contributed by atoms with E-state index in [9.17, 15) is 4.79 Å². The van der Waals surface area contributed by atoms with E-state index in [4.69, 9.17) is 4.74 Å². The van der Waals surface area contributed by atoms with Gasteiger partial charge in [-0.1, -0.05) is 6.07 Å². The fraction of sp³-hybridized carbons (Fsp3) is 0.476. The molecule has 1 amide bonds. The SMILES string of the molecule is O=C(NCc1cccn2nccc12)c1cn2c(n1)CCN(C1CCOCC1)CC2. The maximum atomic E-state index is 12.7. The number of carbonyl (C=O) groups excluding carboxylic acids is 1. The first-order chi connectivity index (χ1) is 14.3. The Kier molecular flexibility index (Phi) is 5.03. The lowest BCUT2D eigenvalue weighted by Crippen LogP contribution is -2.41. The van der Waals surface area contributed by atoms with Crippen molar-refractivity contribution in [2.45, 2.75) is 38.4 Å². The summed E-state index contributed by atoms with van der Waals surface area (Å²) >= 11 is 0. The molecule has 3 aromatic rings. The van der Waals surface area contributed by atoms with Crippen LogP contribution in [0.3, 0.4) is 0 Å². The smallest absolute Gasteiger partial charge is 0.271 e. The highest BCUT2D eigenvalue weighted by atomic mass is 16.5. The van der Waals surface area contributed by atoms with E-state index >= 15 is 0 Å². The number of fused-ring (bicyclic) bond motifs is 2. The van der Waals surface area contributed by atoms with E-state index < -0.39 is 0 Å². The second-order valence-electron chi connectivity index (χ2n) is 7.74. The first-order valence-electron chi connectivity index (χ1n) is 10.4. The Labute approximate surface area is 169 Å². The number of amides is 1. The molecule has 0 radical (unpaired) electrons. The van der Waals surface area contributed by atoms with Gasteiger partial charge in [0, 0.05) is 70.4 Å². The first-order valence-corrected chi connectivity index (χ1v) is 10.4. The molecule has 0 aliphatic carbocycles. The van der Waals surface area contributed by atoms with Gasteiger partial charge in [0.25, 0.3) is 5.91 Å². The van der Waals surface area contributed by atoms with Gasteiger partial charge in [0.15, 0.2) is 0 Å². The maximum absolute atomic E-state index is 12.7. The summed E-state index contributed by atoms with van der Waals surface area (Å²) in [6, 6.07) is 6.50. The minimum atomic E-state index is -0.131. The van der Waals surface area contributed by atoms with Crippen LogP contribution in [0.2, 0.25) is 0 Å². The highest BCUT2D eigenvalue weighted by Gasteiger charge is 2.25. The lowest BCUT2D eigenvalue weighted by atomic mass is 10.1. The Balaban J connectivity index is 1.22. The molecular formula is C21H26N6O2. The summed E-state index contributed by atoms with van der Waals surface area (Å²) in [6.45, 7) is 5.05. The second kappa shape index (κ2) is 7.96. The van der Waals surface area contributed by atoms with E-state index in [1.165, 1.54) is 0 Å². The summed E-state index contributed by atoms with van der Waals surface area (Å²) in [7, 11) is 0. The van der Waals surface area contributed by atoms with Crippen LogP contribution in [0.15, 0.2) is 36.8 Å². The fourth-order valence-electron chi connectivity index (χ4n) is 4.39. The maximum Gasteiger partial charge on any atom is 0.271 e. The van der Waals surface area contributed by atoms with Crippen LogP contribution in [0.1, 0.15) is 34.7 Å². The molecular weight excluding hydrogens is 368 g/mol. The molecule has 1 N–H and O–H groups in total. The van der Waals surface area contributed by atoms with Crippen molar-refractivity contribution < 1.29 is 9.53 Å². The van der Waals surface area contributed by atoms with Crippen molar-refractivity contribution in [3.8, 4) is 0 Å². The number of aromatic nitrogens is 4. The molecule has 5 rings (SSSR count). The molecule has 8 heteroatoms. The summed E-state index contributed by atoms with van der Waals surface area (Å²) < 4.78 is 9.45. The quantitative estimate of drug-likeness (QED) is 0.726. The normalized spacial score (nSPS) is 18.5. The minimum absolute atomic E-state index is 0.131. The number of nitrogens with one attached hydrogen (secondary N) is 1. The number of imidazole rings is 1.